The van der Waals surface area contributed by atoms with Crippen LogP contribution in [0.15, 0.2) is 54.2 Å². The van der Waals surface area contributed by atoms with Crippen molar-refractivity contribution >= 4 is 46.6 Å². The van der Waals surface area contributed by atoms with Gasteiger partial charge in [-0.05, 0) is 49.2 Å². The minimum Gasteiger partial charge on any atom is -0.484 e. The molecular formula is C22H22Cl2N4O2S. The van der Waals surface area contributed by atoms with Crippen LogP contribution < -0.4 is 10.1 Å². The van der Waals surface area contributed by atoms with Gasteiger partial charge in [-0.1, -0.05) is 53.2 Å². The number of allylic oxidation sites excluding steroid dienone is 1. The molecule has 1 amide bonds. The topological polar surface area (TPSA) is 69.0 Å². The molecule has 1 N–H and O–H groups in total. The van der Waals surface area contributed by atoms with Gasteiger partial charge in [-0.3, -0.25) is 9.36 Å². The van der Waals surface area contributed by atoms with Crippen molar-refractivity contribution in [2.45, 2.75) is 32.2 Å². The van der Waals surface area contributed by atoms with E-state index >= 15 is 0 Å². The van der Waals surface area contributed by atoms with Gasteiger partial charge < -0.3 is 10.1 Å². The quantitative estimate of drug-likeness (QED) is 0.316. The highest BCUT2D eigenvalue weighted by Gasteiger charge is 2.15. The summed E-state index contributed by atoms with van der Waals surface area (Å²) in [5.74, 6) is 1.19. The molecule has 0 bridgehead atoms. The number of carbonyl (C=O) groups is 1. The summed E-state index contributed by atoms with van der Waals surface area (Å²) >= 11 is 13.4. The zero-order chi connectivity index (χ0) is 22.4. The maximum absolute atomic E-state index is 12.4. The second kappa shape index (κ2) is 10.7. The molecule has 31 heavy (non-hydrogen) atoms. The number of anilines is 1. The third kappa shape index (κ3) is 6.03. The van der Waals surface area contributed by atoms with Crippen LogP contribution in [0.4, 0.5) is 5.69 Å². The summed E-state index contributed by atoms with van der Waals surface area (Å²) in [6.07, 6.45) is 1.74. The average molecular weight is 477 g/mol. The lowest BCUT2D eigenvalue weighted by Crippen LogP contribution is -2.16. The summed E-state index contributed by atoms with van der Waals surface area (Å²) in [6.45, 7) is 8.43. The predicted molar refractivity (Wildman–Crippen MR) is 126 cm³/mol. The van der Waals surface area contributed by atoms with E-state index in [9.17, 15) is 4.79 Å². The number of rotatable bonds is 9. The number of ether oxygens (including phenoxy) is 1. The average Bonchev–Trinajstić information content (AvgIpc) is 3.11. The number of amides is 1. The van der Waals surface area contributed by atoms with Crippen molar-refractivity contribution in [2.24, 2.45) is 0 Å². The van der Waals surface area contributed by atoms with E-state index in [1.807, 2.05) is 36.6 Å². The second-order valence-electron chi connectivity index (χ2n) is 6.75. The van der Waals surface area contributed by atoms with Crippen LogP contribution in [-0.2, 0) is 17.9 Å². The van der Waals surface area contributed by atoms with E-state index in [1.165, 1.54) is 11.8 Å². The molecule has 0 aliphatic carbocycles. The molecule has 0 atom stereocenters. The van der Waals surface area contributed by atoms with Crippen molar-refractivity contribution in [1.82, 2.24) is 14.8 Å². The van der Waals surface area contributed by atoms with Crippen LogP contribution in [0.25, 0.3) is 0 Å². The van der Waals surface area contributed by atoms with E-state index < -0.39 is 0 Å². The molecule has 0 aliphatic rings. The molecule has 0 saturated carbocycles. The molecule has 162 valence electrons. The third-order valence-electron chi connectivity index (χ3n) is 4.57. The first-order chi connectivity index (χ1) is 14.9. The van der Waals surface area contributed by atoms with Gasteiger partial charge in [0.25, 0.3) is 0 Å². The normalized spacial score (nSPS) is 10.7. The van der Waals surface area contributed by atoms with Gasteiger partial charge in [-0.25, -0.2) is 0 Å². The second-order valence-corrected chi connectivity index (χ2v) is 8.53. The standard InChI is InChI=1S/C22H22Cl2N4O2S/c1-4-10-28-20(12-30-19-9-8-16(23)11-17(19)24)26-27-22(28)31-13-21(29)25-18-7-5-6-14(2)15(18)3/h4-9,11H,1,10,12-13H2,2-3H3,(H,25,29). The molecule has 9 heteroatoms. The molecule has 1 aromatic heterocycles. The Kier molecular flexibility index (Phi) is 8.01. The van der Waals surface area contributed by atoms with Gasteiger partial charge in [0.2, 0.25) is 5.91 Å². The Bertz CT molecular complexity index is 1100. The van der Waals surface area contributed by atoms with Crippen molar-refractivity contribution in [3.8, 4) is 5.75 Å². The van der Waals surface area contributed by atoms with Crippen molar-refractivity contribution in [2.75, 3.05) is 11.1 Å². The molecule has 0 aliphatic heterocycles. The summed E-state index contributed by atoms with van der Waals surface area (Å²) in [4.78, 5) is 12.4. The van der Waals surface area contributed by atoms with E-state index in [4.69, 9.17) is 27.9 Å². The van der Waals surface area contributed by atoms with E-state index in [1.54, 1.807) is 24.3 Å². The Hall–Kier alpha value is -2.48. The summed E-state index contributed by atoms with van der Waals surface area (Å²) in [6, 6.07) is 10.8. The largest absolute Gasteiger partial charge is 0.484 e. The molecule has 0 radical (unpaired) electrons. The van der Waals surface area contributed by atoms with Gasteiger partial charge in [0.15, 0.2) is 11.0 Å². The fourth-order valence-corrected chi connectivity index (χ4v) is 4.01. The van der Waals surface area contributed by atoms with E-state index in [-0.39, 0.29) is 18.3 Å². The van der Waals surface area contributed by atoms with Crippen molar-refractivity contribution in [3.05, 3.63) is 76.0 Å². The summed E-state index contributed by atoms with van der Waals surface area (Å²) < 4.78 is 7.62. The number of nitrogens with one attached hydrogen (secondary N) is 1. The lowest BCUT2D eigenvalue weighted by molar-refractivity contribution is -0.113. The summed E-state index contributed by atoms with van der Waals surface area (Å²) in [5.41, 5.74) is 2.99. The van der Waals surface area contributed by atoms with Gasteiger partial charge in [0.05, 0.1) is 10.8 Å². The molecule has 6 nitrogen and oxygen atoms in total. The smallest absolute Gasteiger partial charge is 0.234 e. The fourth-order valence-electron chi connectivity index (χ4n) is 2.78. The molecule has 0 saturated heterocycles. The number of aromatic nitrogens is 3. The van der Waals surface area contributed by atoms with E-state index in [0.29, 0.717) is 33.3 Å². The number of halogens is 2. The Balaban J connectivity index is 1.64. The molecule has 0 spiro atoms. The van der Waals surface area contributed by atoms with Gasteiger partial charge in [-0.2, -0.15) is 0 Å². The molecule has 1 heterocycles. The minimum atomic E-state index is -0.113. The zero-order valence-electron chi connectivity index (χ0n) is 17.2. The first-order valence-corrected chi connectivity index (χ1v) is 11.2. The number of nitrogens with zero attached hydrogens (tertiary/aromatic N) is 3. The van der Waals surface area contributed by atoms with Gasteiger partial charge in [0.1, 0.15) is 12.4 Å². The first-order valence-electron chi connectivity index (χ1n) is 9.48. The molecule has 3 rings (SSSR count). The first kappa shape index (κ1) is 23.2. The van der Waals surface area contributed by atoms with Crippen LogP contribution in [0.2, 0.25) is 10.0 Å². The fraction of sp³-hybridized carbons (Fsp3) is 0.227. The molecule has 3 aromatic rings. The maximum Gasteiger partial charge on any atom is 0.234 e. The lowest BCUT2D eigenvalue weighted by atomic mass is 10.1. The molecule has 2 aromatic carbocycles. The van der Waals surface area contributed by atoms with Crippen molar-refractivity contribution in [1.29, 1.82) is 0 Å². The van der Waals surface area contributed by atoms with Crippen LogP contribution >= 0.6 is 35.0 Å². The van der Waals surface area contributed by atoms with Crippen LogP contribution in [0.1, 0.15) is 17.0 Å². The third-order valence-corrected chi connectivity index (χ3v) is 6.06. The van der Waals surface area contributed by atoms with Crippen molar-refractivity contribution in [3.63, 3.8) is 0 Å². The number of aryl methyl sites for hydroxylation is 1. The molecular weight excluding hydrogens is 455 g/mol. The number of benzene rings is 2. The van der Waals surface area contributed by atoms with Crippen LogP contribution in [-0.4, -0.2) is 26.4 Å². The monoisotopic (exact) mass is 476 g/mol. The number of carbonyl (C=O) groups excluding carboxylic acids is 1. The van der Waals surface area contributed by atoms with Crippen LogP contribution in [0, 0.1) is 13.8 Å². The number of hydrogen-bond donors (Lipinski definition) is 1. The summed E-state index contributed by atoms with van der Waals surface area (Å²) in [7, 11) is 0. The van der Waals surface area contributed by atoms with Gasteiger partial charge >= 0.3 is 0 Å². The van der Waals surface area contributed by atoms with Gasteiger partial charge in [-0.15, -0.1) is 16.8 Å². The van der Waals surface area contributed by atoms with E-state index in [2.05, 4.69) is 22.1 Å². The highest BCUT2D eigenvalue weighted by molar-refractivity contribution is 7.99. The van der Waals surface area contributed by atoms with E-state index in [0.717, 1.165) is 16.8 Å². The molecule has 0 fully saturated rings. The van der Waals surface area contributed by atoms with Crippen LogP contribution in [0.3, 0.4) is 0 Å². The minimum absolute atomic E-state index is 0.113. The SMILES string of the molecule is C=CCn1c(COc2ccc(Cl)cc2Cl)nnc1SCC(=O)Nc1cccc(C)c1C. The Labute approximate surface area is 195 Å². The highest BCUT2D eigenvalue weighted by atomic mass is 35.5. The highest BCUT2D eigenvalue weighted by Crippen LogP contribution is 2.28. The van der Waals surface area contributed by atoms with Crippen LogP contribution in [0.5, 0.6) is 5.75 Å². The lowest BCUT2D eigenvalue weighted by Gasteiger charge is -2.11. The summed E-state index contributed by atoms with van der Waals surface area (Å²) in [5, 5.41) is 12.9. The Morgan fingerprint density at radius 1 is 1.26 bits per heavy atom. The maximum atomic E-state index is 12.4. The Morgan fingerprint density at radius 2 is 2.06 bits per heavy atom. The number of hydrogen-bond acceptors (Lipinski definition) is 5. The van der Waals surface area contributed by atoms with Crippen molar-refractivity contribution < 1.29 is 9.53 Å². The molecule has 0 unspecified atom stereocenters. The Morgan fingerprint density at radius 3 is 2.81 bits per heavy atom. The van der Waals surface area contributed by atoms with Gasteiger partial charge in [0, 0.05) is 17.3 Å². The number of thioether (sulfide) groups is 1. The zero-order valence-corrected chi connectivity index (χ0v) is 19.5. The predicted octanol–water partition coefficient (Wildman–Crippen LogP) is 5.70.